The number of anilines is 1. The first-order valence-electron chi connectivity index (χ1n) is 6.93. The highest BCUT2D eigenvalue weighted by Crippen LogP contribution is 2.39. The maximum Gasteiger partial charge on any atom is 0.144 e. The van der Waals surface area contributed by atoms with Gasteiger partial charge in [-0.2, -0.15) is 0 Å². The van der Waals surface area contributed by atoms with Gasteiger partial charge in [-0.1, -0.05) is 13.3 Å². The summed E-state index contributed by atoms with van der Waals surface area (Å²) in [6, 6.07) is 0. The predicted octanol–water partition coefficient (Wildman–Crippen LogP) is 4.27. The van der Waals surface area contributed by atoms with Gasteiger partial charge >= 0.3 is 0 Å². The number of halogens is 1. The molecule has 4 heteroatoms. The Balaban J connectivity index is 2.23. The van der Waals surface area contributed by atoms with Crippen LogP contribution in [0.5, 0.6) is 0 Å². The molecular weight excluding hydrogens is 290 g/mol. The summed E-state index contributed by atoms with van der Waals surface area (Å²) in [6.45, 7) is 7.30. The number of nitrogens with zero attached hydrogens (tertiary/aromatic N) is 2. The molecule has 0 bridgehead atoms. The lowest BCUT2D eigenvalue weighted by molar-refractivity contribution is 0.516. The zero-order chi connectivity index (χ0) is 13.1. The summed E-state index contributed by atoms with van der Waals surface area (Å²) in [5, 5.41) is 3.31. The van der Waals surface area contributed by atoms with Crippen LogP contribution in [0.1, 0.15) is 57.0 Å². The van der Waals surface area contributed by atoms with E-state index in [0.717, 1.165) is 34.3 Å². The average molecular weight is 312 g/mol. The minimum absolute atomic E-state index is 0.555. The van der Waals surface area contributed by atoms with Crippen molar-refractivity contribution in [3.05, 3.63) is 16.0 Å². The molecule has 100 valence electrons. The van der Waals surface area contributed by atoms with Crippen molar-refractivity contribution in [3.63, 3.8) is 0 Å². The third kappa shape index (κ3) is 2.85. The topological polar surface area (TPSA) is 37.8 Å². The quantitative estimate of drug-likeness (QED) is 0.902. The minimum atomic E-state index is 0.555. The van der Waals surface area contributed by atoms with Gasteiger partial charge in [0.2, 0.25) is 0 Å². The van der Waals surface area contributed by atoms with Gasteiger partial charge in [0.05, 0.1) is 10.2 Å². The first-order valence-corrected chi connectivity index (χ1v) is 7.72. The van der Waals surface area contributed by atoms with Crippen LogP contribution in [0.3, 0.4) is 0 Å². The van der Waals surface area contributed by atoms with Gasteiger partial charge in [0, 0.05) is 12.5 Å². The van der Waals surface area contributed by atoms with E-state index in [1.807, 2.05) is 6.92 Å². The van der Waals surface area contributed by atoms with E-state index in [2.05, 4.69) is 40.1 Å². The van der Waals surface area contributed by atoms with Crippen molar-refractivity contribution < 1.29 is 0 Å². The van der Waals surface area contributed by atoms with E-state index in [0.29, 0.717) is 5.92 Å². The predicted molar refractivity (Wildman–Crippen MR) is 79.0 cm³/mol. The van der Waals surface area contributed by atoms with Crippen LogP contribution in [0.15, 0.2) is 4.47 Å². The van der Waals surface area contributed by atoms with E-state index in [-0.39, 0.29) is 0 Å². The molecular formula is C14H22BrN3. The lowest BCUT2D eigenvalue weighted by Gasteiger charge is -2.14. The average Bonchev–Trinajstić information content (AvgIpc) is 2.83. The fourth-order valence-corrected chi connectivity index (χ4v) is 3.05. The van der Waals surface area contributed by atoms with Crippen molar-refractivity contribution in [2.75, 3.05) is 11.9 Å². The summed E-state index contributed by atoms with van der Waals surface area (Å²) >= 11 is 3.56. The Kier molecular flexibility index (Phi) is 4.60. The number of hydrogen-bond acceptors (Lipinski definition) is 3. The lowest BCUT2D eigenvalue weighted by Crippen LogP contribution is -2.09. The van der Waals surface area contributed by atoms with E-state index >= 15 is 0 Å². The number of rotatable bonds is 4. The Bertz CT molecular complexity index is 420. The highest BCUT2D eigenvalue weighted by Gasteiger charge is 2.27. The molecule has 0 spiro atoms. The molecule has 0 radical (unpaired) electrons. The van der Waals surface area contributed by atoms with Gasteiger partial charge in [0.15, 0.2) is 0 Å². The number of aromatic nitrogens is 2. The van der Waals surface area contributed by atoms with Gasteiger partial charge in [-0.3, -0.25) is 0 Å². The molecule has 2 rings (SSSR count). The SMILES string of the molecule is CCNc1nc(C2CCC(CC)C2)nc(C)c1Br. The molecule has 0 amide bonds. The summed E-state index contributed by atoms with van der Waals surface area (Å²) in [5.74, 6) is 3.40. The Hall–Kier alpha value is -0.640. The van der Waals surface area contributed by atoms with Crippen LogP contribution in [0.4, 0.5) is 5.82 Å². The molecule has 1 saturated carbocycles. The second-order valence-corrected chi connectivity index (χ2v) is 5.94. The molecule has 1 aliphatic rings. The van der Waals surface area contributed by atoms with Crippen molar-refractivity contribution in [1.82, 2.24) is 9.97 Å². The van der Waals surface area contributed by atoms with Crippen molar-refractivity contribution in [3.8, 4) is 0 Å². The third-order valence-electron chi connectivity index (χ3n) is 3.86. The molecule has 1 aliphatic carbocycles. The standard InChI is InChI=1S/C14H22BrN3/c1-4-10-6-7-11(8-10)13-17-9(3)12(15)14(18-13)16-5-2/h10-11H,4-8H2,1-3H3,(H,16,17,18). The highest BCUT2D eigenvalue weighted by molar-refractivity contribution is 9.10. The maximum absolute atomic E-state index is 4.70. The zero-order valence-corrected chi connectivity index (χ0v) is 13.0. The van der Waals surface area contributed by atoms with E-state index < -0.39 is 0 Å². The van der Waals surface area contributed by atoms with Crippen LogP contribution in [-0.4, -0.2) is 16.5 Å². The van der Waals surface area contributed by atoms with Crippen LogP contribution in [0, 0.1) is 12.8 Å². The summed E-state index contributed by atoms with van der Waals surface area (Å²) < 4.78 is 0.998. The third-order valence-corrected chi connectivity index (χ3v) is 4.81. The Labute approximate surface area is 118 Å². The van der Waals surface area contributed by atoms with Crippen molar-refractivity contribution in [2.24, 2.45) is 5.92 Å². The maximum atomic E-state index is 4.70. The fourth-order valence-electron chi connectivity index (χ4n) is 2.73. The summed E-state index contributed by atoms with van der Waals surface area (Å²) in [4.78, 5) is 9.37. The van der Waals surface area contributed by atoms with Crippen LogP contribution >= 0.6 is 15.9 Å². The molecule has 0 saturated heterocycles. The van der Waals surface area contributed by atoms with Crippen molar-refractivity contribution >= 4 is 21.7 Å². The molecule has 0 aliphatic heterocycles. The highest BCUT2D eigenvalue weighted by atomic mass is 79.9. The molecule has 18 heavy (non-hydrogen) atoms. The summed E-state index contributed by atoms with van der Waals surface area (Å²) in [5.41, 5.74) is 1.04. The number of hydrogen-bond donors (Lipinski definition) is 1. The molecule has 1 aromatic rings. The van der Waals surface area contributed by atoms with Gasteiger partial charge in [-0.25, -0.2) is 9.97 Å². The van der Waals surface area contributed by atoms with Crippen LogP contribution in [0.25, 0.3) is 0 Å². The van der Waals surface area contributed by atoms with Crippen molar-refractivity contribution in [2.45, 2.75) is 52.4 Å². The first kappa shape index (κ1) is 13.8. The monoisotopic (exact) mass is 311 g/mol. The Morgan fingerprint density at radius 3 is 2.67 bits per heavy atom. The largest absolute Gasteiger partial charge is 0.369 e. The minimum Gasteiger partial charge on any atom is -0.369 e. The normalized spacial score (nSPS) is 23.3. The van der Waals surface area contributed by atoms with Crippen molar-refractivity contribution in [1.29, 1.82) is 0 Å². The molecule has 3 nitrogen and oxygen atoms in total. The Morgan fingerprint density at radius 2 is 2.06 bits per heavy atom. The number of aryl methyl sites for hydroxylation is 1. The van der Waals surface area contributed by atoms with Crippen LogP contribution in [-0.2, 0) is 0 Å². The summed E-state index contributed by atoms with van der Waals surface area (Å²) in [6.07, 6.45) is 5.11. The van der Waals surface area contributed by atoms with Gasteiger partial charge in [0.25, 0.3) is 0 Å². The van der Waals surface area contributed by atoms with Crippen LogP contribution in [0.2, 0.25) is 0 Å². The lowest BCUT2D eigenvalue weighted by atomic mass is 10.0. The van der Waals surface area contributed by atoms with E-state index in [1.165, 1.54) is 25.7 Å². The molecule has 1 aromatic heterocycles. The van der Waals surface area contributed by atoms with Crippen LogP contribution < -0.4 is 5.32 Å². The zero-order valence-electron chi connectivity index (χ0n) is 11.5. The molecule has 1 N–H and O–H groups in total. The summed E-state index contributed by atoms with van der Waals surface area (Å²) in [7, 11) is 0. The smallest absolute Gasteiger partial charge is 0.144 e. The first-order chi connectivity index (χ1) is 8.65. The molecule has 2 unspecified atom stereocenters. The van der Waals surface area contributed by atoms with Gasteiger partial charge in [-0.15, -0.1) is 0 Å². The second kappa shape index (κ2) is 6.00. The molecule has 2 atom stereocenters. The van der Waals surface area contributed by atoms with E-state index in [1.54, 1.807) is 0 Å². The molecule has 0 aromatic carbocycles. The second-order valence-electron chi connectivity index (χ2n) is 5.14. The van der Waals surface area contributed by atoms with E-state index in [4.69, 9.17) is 4.98 Å². The van der Waals surface area contributed by atoms with E-state index in [9.17, 15) is 0 Å². The number of nitrogens with one attached hydrogen (secondary N) is 1. The molecule has 1 heterocycles. The van der Waals surface area contributed by atoms with Gasteiger partial charge in [0.1, 0.15) is 11.6 Å². The van der Waals surface area contributed by atoms with Gasteiger partial charge in [-0.05, 0) is 55.0 Å². The fraction of sp³-hybridized carbons (Fsp3) is 0.714. The Morgan fingerprint density at radius 1 is 1.28 bits per heavy atom. The van der Waals surface area contributed by atoms with Gasteiger partial charge < -0.3 is 5.32 Å². The molecule has 1 fully saturated rings.